The molecule has 0 aliphatic heterocycles. The van der Waals surface area contributed by atoms with Gasteiger partial charge < -0.3 is 26.8 Å². The van der Waals surface area contributed by atoms with E-state index in [0.29, 0.717) is 11.5 Å². The number of nitrogens with zero attached hydrogens (tertiary/aromatic N) is 3. The van der Waals surface area contributed by atoms with Crippen LogP contribution in [0, 0.1) is 31.4 Å². The summed E-state index contributed by atoms with van der Waals surface area (Å²) < 4.78 is 0. The summed E-state index contributed by atoms with van der Waals surface area (Å²) in [5.41, 5.74) is 16.8. The molecule has 0 saturated carbocycles. The zero-order valence-electron chi connectivity index (χ0n) is 16.8. The Kier molecular flexibility index (Phi) is 10.6. The third-order valence-corrected chi connectivity index (χ3v) is 3.91. The second-order valence-corrected chi connectivity index (χ2v) is 6.14. The number of anilines is 3. The van der Waals surface area contributed by atoms with Crippen molar-refractivity contribution in [3.05, 3.63) is 95.5 Å². The van der Waals surface area contributed by atoms with Crippen LogP contribution in [0.3, 0.4) is 0 Å². The number of nitrogen functional groups attached to an aromatic ring is 1. The fourth-order valence-corrected chi connectivity index (χ4v) is 2.42. The van der Waals surface area contributed by atoms with Gasteiger partial charge in [0.05, 0.1) is 11.6 Å². The van der Waals surface area contributed by atoms with E-state index in [9.17, 15) is 0 Å². The predicted molar refractivity (Wildman–Crippen MR) is 118 cm³/mol. The van der Waals surface area contributed by atoms with Gasteiger partial charge in [-0.25, -0.2) is 0 Å². The maximum atomic E-state index is 8.62. The van der Waals surface area contributed by atoms with Crippen LogP contribution in [0.1, 0.15) is 22.3 Å². The number of allylic oxidation sites excluding steroid dienone is 2. The van der Waals surface area contributed by atoms with E-state index in [1.807, 2.05) is 26.0 Å². The topological polar surface area (TPSA) is 114 Å². The van der Waals surface area contributed by atoms with E-state index in [1.54, 1.807) is 42.6 Å². The number of nitrogens with two attached hydrogens (primary N) is 2. The zero-order chi connectivity index (χ0) is 21.1. The number of aromatic nitrogens is 2. The molecule has 0 fully saturated rings. The summed E-state index contributed by atoms with van der Waals surface area (Å²) >= 11 is 0. The first-order valence-corrected chi connectivity index (χ1v) is 8.91. The van der Waals surface area contributed by atoms with Crippen LogP contribution in [0.5, 0.6) is 0 Å². The molecule has 1 aromatic heterocycles. The molecule has 0 bridgehead atoms. The van der Waals surface area contributed by atoms with Gasteiger partial charge in [0.25, 0.3) is 0 Å². The number of hydrogen-bond acceptors (Lipinski definition) is 6. The largest absolute Gasteiger partial charge is 0.405 e. The summed E-state index contributed by atoms with van der Waals surface area (Å²) in [6.07, 6.45) is 11.5. The van der Waals surface area contributed by atoms with Gasteiger partial charge in [-0.3, -0.25) is 0 Å². The van der Waals surface area contributed by atoms with Crippen LogP contribution in [-0.4, -0.2) is 9.97 Å². The van der Waals surface area contributed by atoms with Gasteiger partial charge in [-0.15, -0.1) is 6.07 Å². The maximum Gasteiger partial charge on any atom is 0.110 e. The van der Waals surface area contributed by atoms with Crippen LogP contribution in [0.15, 0.2) is 67.0 Å². The average molecular weight is 567 g/mol. The van der Waals surface area contributed by atoms with E-state index in [4.69, 9.17) is 16.7 Å². The van der Waals surface area contributed by atoms with Gasteiger partial charge in [-0.1, -0.05) is 24.5 Å². The van der Waals surface area contributed by atoms with Crippen molar-refractivity contribution in [2.24, 2.45) is 5.73 Å². The molecule has 5 N–H and O–H groups in total. The first kappa shape index (κ1) is 24.6. The molecule has 152 valence electrons. The SMILES string of the molecule is Cc1cc(C=CC=CN)cc(C)c1N.N#Cc1ccc(Nc2n[c-]ccn2)cc1.[W]. The summed E-state index contributed by atoms with van der Waals surface area (Å²) in [7, 11) is 0. The van der Waals surface area contributed by atoms with Gasteiger partial charge in [-0.2, -0.15) is 5.26 Å². The molecule has 0 unspecified atom stereocenters. The average Bonchev–Trinajstić information content (AvgIpc) is 2.74. The van der Waals surface area contributed by atoms with Gasteiger partial charge in [0.2, 0.25) is 0 Å². The van der Waals surface area contributed by atoms with Crippen LogP contribution in [0.4, 0.5) is 17.3 Å². The molecular formula is C23H23N6W-. The van der Waals surface area contributed by atoms with Crippen molar-refractivity contribution < 1.29 is 21.1 Å². The smallest absolute Gasteiger partial charge is 0.110 e. The van der Waals surface area contributed by atoms with Crippen molar-refractivity contribution in [3.63, 3.8) is 0 Å². The Bertz CT molecular complexity index is 999. The fraction of sp³-hybridized carbons (Fsp3) is 0.0870. The molecular weight excluding hydrogens is 544 g/mol. The third kappa shape index (κ3) is 7.90. The Morgan fingerprint density at radius 3 is 2.30 bits per heavy atom. The summed E-state index contributed by atoms with van der Waals surface area (Å²) in [6.45, 7) is 4.02. The minimum Gasteiger partial charge on any atom is -0.405 e. The second-order valence-electron chi connectivity index (χ2n) is 6.14. The van der Waals surface area contributed by atoms with Crippen LogP contribution in [0.2, 0.25) is 0 Å². The zero-order valence-corrected chi connectivity index (χ0v) is 19.8. The van der Waals surface area contributed by atoms with Gasteiger partial charge in [0, 0.05) is 32.4 Å². The van der Waals surface area contributed by atoms with Crippen molar-refractivity contribution in [2.45, 2.75) is 13.8 Å². The molecule has 0 aliphatic rings. The summed E-state index contributed by atoms with van der Waals surface area (Å²) in [4.78, 5) is 7.90. The van der Waals surface area contributed by atoms with Gasteiger partial charge in [-0.05, 0) is 79.2 Å². The molecule has 0 radical (unpaired) electrons. The monoisotopic (exact) mass is 567 g/mol. The molecule has 0 atom stereocenters. The molecule has 7 heteroatoms. The van der Waals surface area contributed by atoms with Crippen molar-refractivity contribution >= 4 is 23.4 Å². The van der Waals surface area contributed by atoms with Crippen molar-refractivity contribution in [1.82, 2.24) is 9.97 Å². The number of benzene rings is 2. The quantitative estimate of drug-likeness (QED) is 0.247. The first-order valence-electron chi connectivity index (χ1n) is 8.91. The minimum atomic E-state index is 0. The summed E-state index contributed by atoms with van der Waals surface area (Å²) in [5.74, 6) is 0.488. The van der Waals surface area contributed by atoms with Crippen molar-refractivity contribution in [1.29, 1.82) is 5.26 Å². The Labute approximate surface area is 191 Å². The summed E-state index contributed by atoms with van der Waals surface area (Å²) in [6, 6.07) is 14.9. The van der Waals surface area contributed by atoms with Gasteiger partial charge in [0.15, 0.2) is 0 Å². The van der Waals surface area contributed by atoms with E-state index >= 15 is 0 Å². The van der Waals surface area contributed by atoms with Crippen LogP contribution >= 0.6 is 0 Å². The van der Waals surface area contributed by atoms with Crippen molar-refractivity contribution in [2.75, 3.05) is 11.1 Å². The predicted octanol–water partition coefficient (Wildman–Crippen LogP) is 4.26. The van der Waals surface area contributed by atoms with Crippen LogP contribution in [0.25, 0.3) is 6.08 Å². The molecule has 0 amide bonds. The molecule has 3 aromatic rings. The van der Waals surface area contributed by atoms with Gasteiger partial charge >= 0.3 is 0 Å². The molecule has 30 heavy (non-hydrogen) atoms. The minimum absolute atomic E-state index is 0. The number of nitrogens with one attached hydrogen (secondary N) is 1. The van der Waals surface area contributed by atoms with Crippen LogP contribution in [-0.2, 0) is 21.1 Å². The number of aryl methyl sites for hydroxylation is 2. The van der Waals surface area contributed by atoms with Gasteiger partial charge in [0.1, 0.15) is 5.95 Å². The van der Waals surface area contributed by atoms with E-state index in [1.165, 1.54) is 6.20 Å². The Morgan fingerprint density at radius 1 is 1.10 bits per heavy atom. The molecule has 6 nitrogen and oxygen atoms in total. The Balaban J connectivity index is 0.000000291. The van der Waals surface area contributed by atoms with Crippen LogP contribution < -0.4 is 16.8 Å². The van der Waals surface area contributed by atoms with E-state index in [0.717, 1.165) is 28.1 Å². The number of rotatable bonds is 4. The number of nitriles is 1. The van der Waals surface area contributed by atoms with E-state index in [-0.39, 0.29) is 21.1 Å². The Morgan fingerprint density at radius 2 is 1.77 bits per heavy atom. The molecule has 3 rings (SSSR count). The molecule has 0 spiro atoms. The fourth-order valence-electron chi connectivity index (χ4n) is 2.42. The molecule has 2 aromatic carbocycles. The van der Waals surface area contributed by atoms with E-state index < -0.39 is 0 Å². The summed E-state index contributed by atoms with van der Waals surface area (Å²) in [5, 5.41) is 11.6. The normalized spacial score (nSPS) is 10.0. The number of hydrogen-bond donors (Lipinski definition) is 3. The molecule has 0 aliphatic carbocycles. The standard InChI is InChI=1S/C12H16N2.C11H7N4.W/c1-9-7-11(5-3-4-6-13)8-10(2)12(9)14;12-8-9-2-4-10(5-3-9)15-11-13-6-1-7-14-11;/h3-8H,13-14H2,1-2H3;1-6H,(H,13,14,15);/q;-1;. The molecule has 0 saturated heterocycles. The maximum absolute atomic E-state index is 8.62. The molecule has 1 heterocycles. The first-order chi connectivity index (χ1) is 14.0. The third-order valence-electron chi connectivity index (χ3n) is 3.91. The van der Waals surface area contributed by atoms with E-state index in [2.05, 4.69) is 39.7 Å². The Hall–Kier alpha value is -3.42. The van der Waals surface area contributed by atoms with Crippen molar-refractivity contribution in [3.8, 4) is 6.07 Å². The second kappa shape index (κ2) is 12.9.